The van der Waals surface area contributed by atoms with Gasteiger partial charge in [0.25, 0.3) is 5.91 Å². The number of fused-ring (bicyclic) bond motifs is 1. The molecule has 0 unspecified atom stereocenters. The zero-order valence-electron chi connectivity index (χ0n) is 14.6. The Balaban J connectivity index is 2.60. The van der Waals surface area contributed by atoms with Crippen molar-refractivity contribution in [3.05, 3.63) is 23.0 Å². The Hall–Kier alpha value is -1.91. The quantitative estimate of drug-likeness (QED) is 0.872. The lowest BCUT2D eigenvalue weighted by atomic mass is 10.0. The number of carbonyl (C=O) groups is 1. The second-order valence-corrected chi connectivity index (χ2v) is 6.29. The van der Waals surface area contributed by atoms with Crippen molar-refractivity contribution in [1.29, 1.82) is 0 Å². The molecule has 0 radical (unpaired) electrons. The summed E-state index contributed by atoms with van der Waals surface area (Å²) < 4.78 is 1.75. The minimum absolute atomic E-state index is 0.0651. The predicted molar refractivity (Wildman–Crippen MR) is 89.0 cm³/mol. The number of pyridine rings is 1. The maximum absolute atomic E-state index is 13.1. The van der Waals surface area contributed by atoms with E-state index in [1.165, 1.54) is 0 Å². The zero-order valence-corrected chi connectivity index (χ0v) is 14.6. The smallest absolute Gasteiger partial charge is 0.254 e. The SMILES string of the molecule is CCN(C(=O)c1cc(C)nc2c1c(C)nn2C)[C@H](C)C(C)C. The van der Waals surface area contributed by atoms with E-state index in [-0.39, 0.29) is 11.9 Å². The standard InChI is InChI=1S/C17H26N4O/c1-8-21(13(6)10(2)3)17(22)14-9-11(4)18-16-15(14)12(5)19-20(16)7/h9-10,13H,8H2,1-7H3/t13-/m1/s1. The molecule has 1 atom stereocenters. The van der Waals surface area contributed by atoms with Gasteiger partial charge in [-0.3, -0.25) is 9.48 Å². The van der Waals surface area contributed by atoms with Crippen molar-refractivity contribution < 1.29 is 4.79 Å². The lowest BCUT2D eigenvalue weighted by molar-refractivity contribution is 0.0662. The van der Waals surface area contributed by atoms with Crippen molar-refractivity contribution >= 4 is 16.9 Å². The third-order valence-corrected chi connectivity index (χ3v) is 4.39. The van der Waals surface area contributed by atoms with E-state index in [1.54, 1.807) is 4.68 Å². The second-order valence-electron chi connectivity index (χ2n) is 6.29. The van der Waals surface area contributed by atoms with Gasteiger partial charge in [0.15, 0.2) is 5.65 Å². The number of hydrogen-bond acceptors (Lipinski definition) is 3. The molecule has 0 aliphatic rings. The first-order valence-electron chi connectivity index (χ1n) is 7.89. The van der Waals surface area contributed by atoms with E-state index in [2.05, 4.69) is 30.9 Å². The summed E-state index contributed by atoms with van der Waals surface area (Å²) in [5.41, 5.74) is 3.17. The molecule has 2 aromatic rings. The summed E-state index contributed by atoms with van der Waals surface area (Å²) >= 11 is 0. The maximum Gasteiger partial charge on any atom is 0.254 e. The van der Waals surface area contributed by atoms with Gasteiger partial charge < -0.3 is 4.90 Å². The number of nitrogens with zero attached hydrogens (tertiary/aromatic N) is 4. The lowest BCUT2D eigenvalue weighted by Gasteiger charge is -2.31. The van der Waals surface area contributed by atoms with E-state index >= 15 is 0 Å². The fraction of sp³-hybridized carbons (Fsp3) is 0.588. The molecule has 5 heteroatoms. The van der Waals surface area contributed by atoms with Crippen LogP contribution in [0.5, 0.6) is 0 Å². The molecule has 2 aromatic heterocycles. The Morgan fingerprint density at radius 2 is 1.95 bits per heavy atom. The number of rotatable bonds is 4. The van der Waals surface area contributed by atoms with Crippen molar-refractivity contribution in [2.45, 2.75) is 47.6 Å². The molecule has 0 N–H and O–H groups in total. The Bertz CT molecular complexity index is 702. The minimum atomic E-state index is 0.0651. The number of hydrogen-bond donors (Lipinski definition) is 0. The molecule has 2 heterocycles. The van der Waals surface area contributed by atoms with Crippen LogP contribution in [0.15, 0.2) is 6.07 Å². The number of aryl methyl sites for hydroxylation is 3. The third kappa shape index (κ3) is 2.72. The van der Waals surface area contributed by atoms with Crippen LogP contribution in [0.25, 0.3) is 11.0 Å². The van der Waals surface area contributed by atoms with E-state index in [0.29, 0.717) is 18.0 Å². The molecule has 2 rings (SSSR count). The Labute approximate surface area is 132 Å². The topological polar surface area (TPSA) is 51.0 Å². The van der Waals surface area contributed by atoms with Crippen LogP contribution in [0, 0.1) is 19.8 Å². The average molecular weight is 302 g/mol. The number of carbonyl (C=O) groups excluding carboxylic acids is 1. The first-order chi connectivity index (χ1) is 10.3. The largest absolute Gasteiger partial charge is 0.336 e. The molecule has 0 bridgehead atoms. The molecule has 0 saturated heterocycles. The number of aromatic nitrogens is 3. The van der Waals surface area contributed by atoms with Crippen LogP contribution in [-0.2, 0) is 7.05 Å². The van der Waals surface area contributed by atoms with E-state index in [1.807, 2.05) is 38.8 Å². The van der Waals surface area contributed by atoms with Crippen molar-refractivity contribution in [2.75, 3.05) is 6.54 Å². The van der Waals surface area contributed by atoms with Gasteiger partial charge >= 0.3 is 0 Å². The van der Waals surface area contributed by atoms with Crippen molar-refractivity contribution in [1.82, 2.24) is 19.7 Å². The summed E-state index contributed by atoms with van der Waals surface area (Å²) in [6.07, 6.45) is 0. The third-order valence-electron chi connectivity index (χ3n) is 4.39. The summed E-state index contributed by atoms with van der Waals surface area (Å²) in [6, 6.07) is 2.08. The Morgan fingerprint density at radius 1 is 1.32 bits per heavy atom. The van der Waals surface area contributed by atoms with Gasteiger partial charge in [0.2, 0.25) is 0 Å². The molecule has 0 aromatic carbocycles. The van der Waals surface area contributed by atoms with E-state index in [9.17, 15) is 4.79 Å². The predicted octanol–water partition coefficient (Wildman–Crippen LogP) is 3.09. The summed E-state index contributed by atoms with van der Waals surface area (Å²) in [4.78, 5) is 19.6. The van der Waals surface area contributed by atoms with Crippen LogP contribution in [-0.4, -0.2) is 38.2 Å². The van der Waals surface area contributed by atoms with Gasteiger partial charge in [-0.15, -0.1) is 0 Å². The fourth-order valence-electron chi connectivity index (χ4n) is 2.87. The van der Waals surface area contributed by atoms with Crippen molar-refractivity contribution in [2.24, 2.45) is 13.0 Å². The molecule has 120 valence electrons. The highest BCUT2D eigenvalue weighted by Gasteiger charge is 2.25. The van der Waals surface area contributed by atoms with E-state index < -0.39 is 0 Å². The summed E-state index contributed by atoms with van der Waals surface area (Å²) in [5, 5.41) is 5.29. The Kier molecular flexibility index (Phi) is 4.54. The van der Waals surface area contributed by atoms with Gasteiger partial charge in [0.05, 0.1) is 16.6 Å². The molecular formula is C17H26N4O. The van der Waals surface area contributed by atoms with Crippen LogP contribution in [0.3, 0.4) is 0 Å². The van der Waals surface area contributed by atoms with Crippen LogP contribution in [0.4, 0.5) is 0 Å². The van der Waals surface area contributed by atoms with Gasteiger partial charge in [0.1, 0.15) is 0 Å². The van der Waals surface area contributed by atoms with Gasteiger partial charge in [-0.05, 0) is 39.7 Å². The second kappa shape index (κ2) is 6.07. The molecular weight excluding hydrogens is 276 g/mol. The molecule has 0 aliphatic heterocycles. The van der Waals surface area contributed by atoms with Gasteiger partial charge in [-0.2, -0.15) is 5.10 Å². The monoisotopic (exact) mass is 302 g/mol. The fourth-order valence-corrected chi connectivity index (χ4v) is 2.87. The van der Waals surface area contributed by atoms with Gasteiger partial charge in [0, 0.05) is 25.3 Å². The molecule has 5 nitrogen and oxygen atoms in total. The molecule has 0 aliphatic carbocycles. The lowest BCUT2D eigenvalue weighted by Crippen LogP contribution is -2.41. The van der Waals surface area contributed by atoms with Crippen molar-refractivity contribution in [3.8, 4) is 0 Å². The minimum Gasteiger partial charge on any atom is -0.336 e. The molecule has 1 amide bonds. The van der Waals surface area contributed by atoms with E-state index in [4.69, 9.17) is 0 Å². The molecule has 0 spiro atoms. The van der Waals surface area contributed by atoms with Crippen LogP contribution < -0.4 is 0 Å². The first-order valence-corrected chi connectivity index (χ1v) is 7.89. The van der Waals surface area contributed by atoms with Crippen LogP contribution in [0.2, 0.25) is 0 Å². The van der Waals surface area contributed by atoms with Crippen LogP contribution in [0.1, 0.15) is 49.4 Å². The van der Waals surface area contributed by atoms with Crippen LogP contribution >= 0.6 is 0 Å². The van der Waals surface area contributed by atoms with Gasteiger partial charge in [-0.25, -0.2) is 4.98 Å². The maximum atomic E-state index is 13.1. The highest BCUT2D eigenvalue weighted by Crippen LogP contribution is 2.24. The Morgan fingerprint density at radius 3 is 2.50 bits per heavy atom. The normalized spacial score (nSPS) is 12.9. The summed E-state index contributed by atoms with van der Waals surface area (Å²) in [6.45, 7) is 13.0. The number of amides is 1. The van der Waals surface area contributed by atoms with E-state index in [0.717, 1.165) is 22.4 Å². The molecule has 22 heavy (non-hydrogen) atoms. The summed E-state index contributed by atoms with van der Waals surface area (Å²) in [7, 11) is 1.87. The zero-order chi connectivity index (χ0) is 16.6. The average Bonchev–Trinajstić information content (AvgIpc) is 2.73. The van der Waals surface area contributed by atoms with Crippen molar-refractivity contribution in [3.63, 3.8) is 0 Å². The molecule has 0 saturated carbocycles. The van der Waals surface area contributed by atoms with Gasteiger partial charge in [-0.1, -0.05) is 13.8 Å². The highest BCUT2D eigenvalue weighted by atomic mass is 16.2. The highest BCUT2D eigenvalue weighted by molar-refractivity contribution is 6.06. The summed E-state index contributed by atoms with van der Waals surface area (Å²) in [5.74, 6) is 0.479. The molecule has 0 fully saturated rings. The first kappa shape index (κ1) is 16.5.